The number of phosphoric ester groups is 2. The van der Waals surface area contributed by atoms with Crippen LogP contribution in [-0.4, -0.2) is 96.7 Å². The minimum Gasteiger partial charge on any atom is -0.462 e. The molecule has 0 aliphatic rings. The molecule has 17 nitrogen and oxygen atoms in total. The Hall–Kier alpha value is -4.02. The average Bonchev–Trinajstić information content (AvgIpc) is 0.901. The topological polar surface area (TPSA) is 237 Å². The van der Waals surface area contributed by atoms with Gasteiger partial charge >= 0.3 is 39.5 Å². The van der Waals surface area contributed by atoms with Crippen molar-refractivity contribution in [2.24, 2.45) is 0 Å². The lowest BCUT2D eigenvalue weighted by Gasteiger charge is -2.21. The molecule has 0 aromatic carbocycles. The summed E-state index contributed by atoms with van der Waals surface area (Å²) < 4.78 is 68.7. The van der Waals surface area contributed by atoms with Crippen molar-refractivity contribution in [3.05, 3.63) is 97.2 Å². The number of phosphoric acid groups is 2. The Kier molecular flexibility index (Phi) is 76.1. The van der Waals surface area contributed by atoms with E-state index in [1.165, 1.54) is 103 Å². The van der Waals surface area contributed by atoms with E-state index in [2.05, 4.69) is 125 Å². The molecule has 0 radical (unpaired) electrons. The number of ether oxygens (including phenoxy) is 4. The first kappa shape index (κ1) is 102. The van der Waals surface area contributed by atoms with Crippen LogP contribution < -0.4 is 0 Å². The highest BCUT2D eigenvalue weighted by Gasteiger charge is 2.30. The van der Waals surface area contributed by atoms with Gasteiger partial charge in [0.2, 0.25) is 0 Å². The van der Waals surface area contributed by atoms with Crippen LogP contribution in [0.25, 0.3) is 0 Å². The van der Waals surface area contributed by atoms with Crippen LogP contribution in [-0.2, 0) is 65.4 Å². The molecule has 19 heteroatoms. The van der Waals surface area contributed by atoms with Gasteiger partial charge < -0.3 is 33.8 Å². The van der Waals surface area contributed by atoms with Gasteiger partial charge in [0.05, 0.1) is 26.4 Å². The third-order valence-electron chi connectivity index (χ3n) is 18.0. The summed E-state index contributed by atoms with van der Waals surface area (Å²) >= 11 is 0. The highest BCUT2D eigenvalue weighted by molar-refractivity contribution is 7.47. The molecular formula is C87H154O17P2. The normalized spacial score (nSPS) is 14.3. The number of carbonyl (C=O) groups is 4. The molecule has 5 atom stereocenters. The number of hydrogen-bond acceptors (Lipinski definition) is 15. The molecule has 0 fully saturated rings. The van der Waals surface area contributed by atoms with E-state index in [1.807, 2.05) is 0 Å². The van der Waals surface area contributed by atoms with Crippen LogP contribution in [0, 0.1) is 0 Å². The van der Waals surface area contributed by atoms with Crippen LogP contribution in [0.3, 0.4) is 0 Å². The molecule has 0 saturated heterocycles. The van der Waals surface area contributed by atoms with Gasteiger partial charge in [0.1, 0.15) is 19.3 Å². The molecular weight excluding hydrogens is 1380 g/mol. The molecule has 0 spiro atoms. The number of aliphatic hydroxyl groups excluding tert-OH is 1. The standard InChI is InChI=1S/C87H154O17P2/c1-5-9-13-17-21-25-29-33-36-38-40-42-45-48-51-55-59-63-67-71-84(89)97-77-82(103-86(91)73-69-65-61-57-53-47-32-28-24-20-16-12-8-4)79-101-105(93,94)99-75-81(88)76-100-106(95,96)102-80-83(104-87(92)74-70-66-62-58-54-50-44-35-31-27-23-19-15-11-7-3)78-98-85(90)72-68-64-60-56-52-49-46-43-41-39-37-34-30-26-22-18-14-10-6-2/h21-22,25-26,28,32-37,40-44,81-83,88H,5-20,23-24,27,29-31,38-39,45-80H2,1-4H3,(H,93,94)(H,95,96)/b25-21-,26-22-,32-28-,36-33-,37-34-,42-40-,43-41-,44-35-. The number of rotatable bonds is 80. The molecule has 0 aromatic heterocycles. The largest absolute Gasteiger partial charge is 0.472 e. The summed E-state index contributed by atoms with van der Waals surface area (Å²) in [5.74, 6) is -2.20. The van der Waals surface area contributed by atoms with Crippen LogP contribution >= 0.6 is 15.6 Å². The first-order valence-corrected chi connectivity index (χ1v) is 45.5. The fourth-order valence-electron chi connectivity index (χ4n) is 11.5. The second kappa shape index (κ2) is 79.1. The summed E-state index contributed by atoms with van der Waals surface area (Å²) in [6, 6.07) is 0. The van der Waals surface area contributed by atoms with Crippen LogP contribution in [0.15, 0.2) is 97.2 Å². The molecule has 0 heterocycles. The molecule has 0 aliphatic heterocycles. The zero-order valence-corrected chi connectivity index (χ0v) is 69.1. The molecule has 0 aromatic rings. The first-order valence-electron chi connectivity index (χ1n) is 42.5. The maximum atomic E-state index is 13.1. The zero-order chi connectivity index (χ0) is 77.4. The van der Waals surface area contributed by atoms with Crippen molar-refractivity contribution in [1.82, 2.24) is 0 Å². The highest BCUT2D eigenvalue weighted by atomic mass is 31.2. The minimum atomic E-state index is -4.98. The monoisotopic (exact) mass is 1530 g/mol. The number of esters is 4. The van der Waals surface area contributed by atoms with Crippen molar-refractivity contribution >= 4 is 39.5 Å². The Morgan fingerprint density at radius 3 is 0.745 bits per heavy atom. The van der Waals surface area contributed by atoms with Gasteiger partial charge in [-0.3, -0.25) is 37.3 Å². The summed E-state index contributed by atoms with van der Waals surface area (Å²) in [6.45, 7) is 4.81. The maximum absolute atomic E-state index is 13.1. The van der Waals surface area contributed by atoms with Gasteiger partial charge in [0, 0.05) is 25.7 Å². The van der Waals surface area contributed by atoms with E-state index in [9.17, 15) is 43.2 Å². The van der Waals surface area contributed by atoms with Crippen LogP contribution in [0.1, 0.15) is 374 Å². The summed E-state index contributed by atoms with van der Waals surface area (Å²) in [6.07, 6.45) is 85.1. The Balaban J connectivity index is 5.35. The van der Waals surface area contributed by atoms with E-state index >= 15 is 0 Å². The van der Waals surface area contributed by atoms with Gasteiger partial charge in [-0.15, -0.1) is 0 Å². The Labute approximate surface area is 646 Å². The van der Waals surface area contributed by atoms with E-state index in [0.717, 1.165) is 193 Å². The fourth-order valence-corrected chi connectivity index (χ4v) is 13.0. The number of allylic oxidation sites excluding steroid dienone is 16. The van der Waals surface area contributed by atoms with Gasteiger partial charge in [0.15, 0.2) is 12.2 Å². The van der Waals surface area contributed by atoms with Crippen molar-refractivity contribution < 1.29 is 80.2 Å². The SMILES string of the molecule is CCCCC/C=C\C/C=C\C/C=C\CCCCCCCCC(=O)OCC(COP(=O)(O)OCC(O)COP(=O)(O)OCC(COC(=O)CCCCCCCC/C=C\C/C=C\C/C=C\CCCCC)OC(=O)CCCCCCC/C=C\CCCCCCCC)OC(=O)CCCCCCC/C=C\CCCCCC. The van der Waals surface area contributed by atoms with Crippen LogP contribution in [0.5, 0.6) is 0 Å². The van der Waals surface area contributed by atoms with E-state index < -0.39 is 97.5 Å². The summed E-state index contributed by atoms with van der Waals surface area (Å²) in [7, 11) is -9.97. The van der Waals surface area contributed by atoms with Crippen molar-refractivity contribution in [2.75, 3.05) is 39.6 Å². The third kappa shape index (κ3) is 78.1. The van der Waals surface area contributed by atoms with E-state index in [4.69, 9.17) is 37.0 Å². The number of unbranched alkanes of at least 4 members (excludes halogenated alkanes) is 38. The van der Waals surface area contributed by atoms with Gasteiger partial charge in [-0.2, -0.15) is 0 Å². The van der Waals surface area contributed by atoms with Gasteiger partial charge in [-0.05, 0) is 154 Å². The second-order valence-corrected chi connectivity index (χ2v) is 31.3. The highest BCUT2D eigenvalue weighted by Crippen LogP contribution is 2.45. The van der Waals surface area contributed by atoms with Crippen molar-refractivity contribution in [3.63, 3.8) is 0 Å². The van der Waals surface area contributed by atoms with Gasteiger partial charge in [-0.25, -0.2) is 9.13 Å². The average molecular weight is 1530 g/mol. The maximum Gasteiger partial charge on any atom is 0.472 e. The lowest BCUT2D eigenvalue weighted by molar-refractivity contribution is -0.161. The fraction of sp³-hybridized carbons (Fsp3) is 0.770. The smallest absolute Gasteiger partial charge is 0.462 e. The molecule has 0 amide bonds. The quantitative estimate of drug-likeness (QED) is 0.0169. The molecule has 0 bridgehead atoms. The van der Waals surface area contributed by atoms with Crippen molar-refractivity contribution in [2.45, 2.75) is 393 Å². The molecule has 0 rings (SSSR count). The van der Waals surface area contributed by atoms with E-state index in [-0.39, 0.29) is 25.7 Å². The third-order valence-corrected chi connectivity index (χ3v) is 19.9. The predicted octanol–water partition coefficient (Wildman–Crippen LogP) is 25.1. The molecule has 5 unspecified atom stereocenters. The van der Waals surface area contributed by atoms with Crippen LogP contribution in [0.2, 0.25) is 0 Å². The Morgan fingerprint density at radius 1 is 0.264 bits per heavy atom. The Bertz CT molecular complexity index is 2380. The van der Waals surface area contributed by atoms with Crippen molar-refractivity contribution in [1.29, 1.82) is 0 Å². The molecule has 3 N–H and O–H groups in total. The molecule has 614 valence electrons. The summed E-state index contributed by atoms with van der Waals surface area (Å²) in [4.78, 5) is 73.2. The number of aliphatic hydroxyl groups is 1. The molecule has 0 saturated carbocycles. The first-order chi connectivity index (χ1) is 51.7. The van der Waals surface area contributed by atoms with Crippen LogP contribution in [0.4, 0.5) is 0 Å². The number of carbonyl (C=O) groups excluding carboxylic acids is 4. The summed E-state index contributed by atoms with van der Waals surface area (Å²) in [5, 5.41) is 10.7. The lowest BCUT2D eigenvalue weighted by atomic mass is 10.1. The second-order valence-electron chi connectivity index (χ2n) is 28.4. The lowest BCUT2D eigenvalue weighted by Crippen LogP contribution is -2.30. The predicted molar refractivity (Wildman–Crippen MR) is 436 cm³/mol. The zero-order valence-electron chi connectivity index (χ0n) is 67.3. The Morgan fingerprint density at radius 2 is 0.462 bits per heavy atom. The minimum absolute atomic E-state index is 0.0823. The van der Waals surface area contributed by atoms with E-state index in [0.29, 0.717) is 25.7 Å². The molecule has 106 heavy (non-hydrogen) atoms. The van der Waals surface area contributed by atoms with E-state index in [1.54, 1.807) is 0 Å². The summed E-state index contributed by atoms with van der Waals surface area (Å²) in [5.41, 5.74) is 0. The molecule has 0 aliphatic carbocycles. The van der Waals surface area contributed by atoms with Gasteiger partial charge in [0.25, 0.3) is 0 Å². The number of hydrogen-bond donors (Lipinski definition) is 3. The van der Waals surface area contributed by atoms with Crippen molar-refractivity contribution in [3.8, 4) is 0 Å². The van der Waals surface area contributed by atoms with Gasteiger partial charge in [-0.1, -0.05) is 292 Å².